The van der Waals surface area contributed by atoms with Crippen LogP contribution in [0.3, 0.4) is 0 Å². The van der Waals surface area contributed by atoms with Crippen molar-refractivity contribution in [3.63, 3.8) is 0 Å². The summed E-state index contributed by atoms with van der Waals surface area (Å²) in [6.07, 6.45) is -5.09. The average molecular weight is 618 g/mol. The Kier molecular flexibility index (Phi) is 7.90. The summed E-state index contributed by atoms with van der Waals surface area (Å²) in [6, 6.07) is 2.29. The second kappa shape index (κ2) is 11.2. The first kappa shape index (κ1) is 30.4. The minimum atomic E-state index is -4.61. The van der Waals surface area contributed by atoms with Crippen LogP contribution in [0.1, 0.15) is 48.7 Å². The van der Waals surface area contributed by atoms with Gasteiger partial charge in [0.15, 0.2) is 5.58 Å². The number of benzene rings is 1. The van der Waals surface area contributed by atoms with Crippen molar-refractivity contribution in [1.82, 2.24) is 25.5 Å². The van der Waals surface area contributed by atoms with Crippen molar-refractivity contribution in [2.24, 2.45) is 5.92 Å². The van der Waals surface area contributed by atoms with Crippen molar-refractivity contribution in [2.45, 2.75) is 62.3 Å². The lowest BCUT2D eigenvalue weighted by Gasteiger charge is -2.33. The molecule has 0 bridgehead atoms. The van der Waals surface area contributed by atoms with Gasteiger partial charge in [0.05, 0.1) is 13.7 Å². The molecule has 3 amide bonds. The van der Waals surface area contributed by atoms with Gasteiger partial charge in [-0.1, -0.05) is 6.07 Å². The highest BCUT2D eigenvalue weighted by Gasteiger charge is 2.47. The predicted octanol–water partition coefficient (Wildman–Crippen LogP) is 5.46. The number of alkyl halides is 7. The second-order valence-corrected chi connectivity index (χ2v) is 10.6. The monoisotopic (exact) mass is 617 g/mol. The Labute approximate surface area is 239 Å². The number of amides is 3. The largest absolute Gasteiger partial charge is 0.481 e. The van der Waals surface area contributed by atoms with Crippen LogP contribution in [-0.4, -0.2) is 58.6 Å². The number of nitrogens with zero attached hydrogens (tertiary/aromatic N) is 3. The van der Waals surface area contributed by atoms with Gasteiger partial charge in [-0.05, 0) is 42.5 Å². The van der Waals surface area contributed by atoms with E-state index in [0.717, 1.165) is 23.2 Å². The Bertz CT molecular complexity index is 1490. The molecule has 1 aliphatic heterocycles. The molecule has 5 rings (SSSR count). The Morgan fingerprint density at radius 2 is 1.91 bits per heavy atom. The number of nitrogens with one attached hydrogen (secondary N) is 2. The first-order chi connectivity index (χ1) is 20.2. The van der Waals surface area contributed by atoms with Crippen LogP contribution in [0.15, 0.2) is 40.9 Å². The molecular formula is C27H26F7N5O4. The van der Waals surface area contributed by atoms with E-state index in [1.165, 1.54) is 25.3 Å². The Balaban J connectivity index is 1.39. The van der Waals surface area contributed by atoms with E-state index in [9.17, 15) is 31.5 Å². The summed E-state index contributed by atoms with van der Waals surface area (Å²) in [6.45, 7) is -0.778. The SMILES string of the molecule is COc1ccc(C(F)(F)C(=O)N[C@H](c2nc3cc(CN4C[C@@H](C(F)(F)F)NC4=O)ccc3o2)C2CCC(F)(F)CC2)cn1. The molecule has 1 saturated carbocycles. The van der Waals surface area contributed by atoms with Gasteiger partial charge in [0, 0.05) is 37.2 Å². The molecular weight excluding hydrogens is 591 g/mol. The molecule has 2 fully saturated rings. The third kappa shape index (κ3) is 6.46. The Morgan fingerprint density at radius 1 is 1.19 bits per heavy atom. The summed E-state index contributed by atoms with van der Waals surface area (Å²) in [5, 5.41) is 4.11. The lowest BCUT2D eigenvalue weighted by Crippen LogP contribution is -2.43. The number of rotatable bonds is 8. The molecule has 232 valence electrons. The average Bonchev–Trinajstić information content (AvgIpc) is 3.54. The number of fused-ring (bicyclic) bond motifs is 1. The summed E-state index contributed by atoms with van der Waals surface area (Å²) >= 11 is 0. The molecule has 2 atom stereocenters. The predicted molar refractivity (Wildman–Crippen MR) is 135 cm³/mol. The van der Waals surface area contributed by atoms with E-state index in [1.807, 2.05) is 5.32 Å². The van der Waals surface area contributed by atoms with Gasteiger partial charge in [0.1, 0.15) is 17.6 Å². The summed E-state index contributed by atoms with van der Waals surface area (Å²) in [5.41, 5.74) is 0.0117. The topological polar surface area (TPSA) is 110 Å². The van der Waals surface area contributed by atoms with Crippen molar-refractivity contribution in [2.75, 3.05) is 13.7 Å². The molecule has 1 aromatic carbocycles. The van der Waals surface area contributed by atoms with Crippen LogP contribution in [0.5, 0.6) is 5.88 Å². The van der Waals surface area contributed by atoms with E-state index in [4.69, 9.17) is 9.15 Å². The van der Waals surface area contributed by atoms with Gasteiger partial charge in [-0.15, -0.1) is 0 Å². The zero-order valence-electron chi connectivity index (χ0n) is 22.6. The number of hydrogen-bond donors (Lipinski definition) is 2. The maximum absolute atomic E-state index is 15.2. The molecule has 1 saturated heterocycles. The van der Waals surface area contributed by atoms with Crippen LogP contribution in [-0.2, 0) is 17.3 Å². The van der Waals surface area contributed by atoms with Gasteiger partial charge < -0.3 is 24.7 Å². The zero-order valence-corrected chi connectivity index (χ0v) is 22.6. The standard InChI is InChI=1S/C27H26F7N5O4/c1-42-20-5-3-16(11-35-20)26(30,31)23(40)38-21(15-6-8-25(28,29)9-7-15)22-36-17-10-14(2-4-18(17)43-22)12-39-13-19(27(32,33)34)37-24(39)41/h2-5,10-11,15,19,21H,6-9,12-13H2,1H3,(H,37,41)(H,38,40)/t19-,21-/m0/s1. The number of oxazole rings is 1. The first-order valence-electron chi connectivity index (χ1n) is 13.2. The van der Waals surface area contributed by atoms with E-state index in [-0.39, 0.29) is 42.3 Å². The molecule has 2 N–H and O–H groups in total. The number of methoxy groups -OCH3 is 1. The van der Waals surface area contributed by atoms with E-state index in [0.29, 0.717) is 5.56 Å². The lowest BCUT2D eigenvalue weighted by atomic mass is 9.81. The van der Waals surface area contributed by atoms with Crippen LogP contribution in [0.4, 0.5) is 35.5 Å². The number of aromatic nitrogens is 2. The Morgan fingerprint density at radius 3 is 2.51 bits per heavy atom. The quantitative estimate of drug-likeness (QED) is 0.325. The number of carbonyl (C=O) groups excluding carboxylic acids is 2. The first-order valence-corrected chi connectivity index (χ1v) is 13.2. The number of hydrogen-bond acceptors (Lipinski definition) is 6. The molecule has 3 aromatic rings. The van der Waals surface area contributed by atoms with Crippen LogP contribution >= 0.6 is 0 Å². The lowest BCUT2D eigenvalue weighted by molar-refractivity contribution is -0.150. The van der Waals surface area contributed by atoms with E-state index < -0.39 is 72.9 Å². The zero-order chi connectivity index (χ0) is 31.2. The molecule has 1 aliphatic carbocycles. The summed E-state index contributed by atoms with van der Waals surface area (Å²) < 4.78 is 108. The molecule has 43 heavy (non-hydrogen) atoms. The highest BCUT2D eigenvalue weighted by molar-refractivity contribution is 5.85. The molecule has 3 heterocycles. The minimum Gasteiger partial charge on any atom is -0.481 e. The molecule has 0 unspecified atom stereocenters. The summed E-state index contributed by atoms with van der Waals surface area (Å²) in [5.74, 6) is -9.57. The third-order valence-electron chi connectivity index (χ3n) is 7.60. The highest BCUT2D eigenvalue weighted by Crippen LogP contribution is 2.42. The smallest absolute Gasteiger partial charge is 0.410 e. The number of pyridine rings is 1. The van der Waals surface area contributed by atoms with Crippen molar-refractivity contribution in [1.29, 1.82) is 0 Å². The second-order valence-electron chi connectivity index (χ2n) is 10.6. The van der Waals surface area contributed by atoms with Gasteiger partial charge in [-0.25, -0.2) is 23.5 Å². The van der Waals surface area contributed by atoms with Crippen LogP contribution in [0, 0.1) is 5.92 Å². The van der Waals surface area contributed by atoms with Gasteiger partial charge in [0.2, 0.25) is 17.7 Å². The van der Waals surface area contributed by atoms with Gasteiger partial charge in [-0.2, -0.15) is 22.0 Å². The third-order valence-corrected chi connectivity index (χ3v) is 7.60. The highest BCUT2D eigenvalue weighted by atomic mass is 19.4. The molecule has 2 aliphatic rings. The van der Waals surface area contributed by atoms with Gasteiger partial charge >= 0.3 is 18.1 Å². The number of carbonyl (C=O) groups is 2. The molecule has 9 nitrogen and oxygen atoms in total. The van der Waals surface area contributed by atoms with Crippen LogP contribution in [0.25, 0.3) is 11.1 Å². The van der Waals surface area contributed by atoms with Crippen molar-refractivity contribution in [3.05, 3.63) is 53.5 Å². The molecule has 0 spiro atoms. The minimum absolute atomic E-state index is 0.0531. The normalized spacial score (nSPS) is 20.2. The molecule has 0 radical (unpaired) electrons. The summed E-state index contributed by atoms with van der Waals surface area (Å²) in [4.78, 5) is 33.9. The summed E-state index contributed by atoms with van der Waals surface area (Å²) in [7, 11) is 1.29. The fourth-order valence-corrected chi connectivity index (χ4v) is 5.18. The van der Waals surface area contributed by atoms with Crippen molar-refractivity contribution < 1.29 is 49.5 Å². The molecule has 16 heteroatoms. The van der Waals surface area contributed by atoms with Crippen molar-refractivity contribution in [3.8, 4) is 5.88 Å². The fraction of sp³-hybridized carbons (Fsp3) is 0.481. The number of urea groups is 1. The number of halogens is 7. The maximum atomic E-state index is 15.2. The van der Waals surface area contributed by atoms with Gasteiger partial charge in [-0.3, -0.25) is 4.79 Å². The van der Waals surface area contributed by atoms with Crippen LogP contribution < -0.4 is 15.4 Å². The fourth-order valence-electron chi connectivity index (χ4n) is 5.18. The number of ether oxygens (including phenoxy) is 1. The van der Waals surface area contributed by atoms with E-state index >= 15 is 8.78 Å². The molecule has 2 aromatic heterocycles. The maximum Gasteiger partial charge on any atom is 0.410 e. The van der Waals surface area contributed by atoms with Crippen molar-refractivity contribution >= 4 is 23.0 Å². The van der Waals surface area contributed by atoms with Crippen LogP contribution in [0.2, 0.25) is 0 Å². The van der Waals surface area contributed by atoms with Gasteiger partial charge in [0.25, 0.3) is 5.91 Å². The van der Waals surface area contributed by atoms with E-state index in [1.54, 1.807) is 0 Å². The Hall–Kier alpha value is -4.11. The van der Waals surface area contributed by atoms with E-state index in [2.05, 4.69) is 15.3 Å².